The molecule has 1 fully saturated rings. The van der Waals surface area contributed by atoms with Crippen molar-refractivity contribution in [3.63, 3.8) is 0 Å². The summed E-state index contributed by atoms with van der Waals surface area (Å²) in [5, 5.41) is 6.21. The predicted octanol–water partition coefficient (Wildman–Crippen LogP) is 1.25. The summed E-state index contributed by atoms with van der Waals surface area (Å²) in [5.74, 6) is 0.785. The molecule has 1 aromatic carbocycles. The average molecular weight is 278 g/mol. The van der Waals surface area contributed by atoms with Crippen LogP contribution in [0.25, 0.3) is 0 Å². The number of benzene rings is 1. The van der Waals surface area contributed by atoms with Gasteiger partial charge in [0, 0.05) is 18.7 Å². The second-order valence-electron chi connectivity index (χ2n) is 4.93. The highest BCUT2D eigenvalue weighted by Gasteiger charge is 2.19. The Bertz CT molecular complexity index is 444. The first-order chi connectivity index (χ1) is 9.70. The number of nitrogens with one attached hydrogen (secondary N) is 2. The maximum absolute atomic E-state index is 12.0. The predicted molar refractivity (Wildman–Crippen MR) is 76.8 cm³/mol. The topological polar surface area (TPSA) is 59.6 Å². The Morgan fingerprint density at radius 3 is 3.05 bits per heavy atom. The molecule has 1 aliphatic rings. The molecule has 0 saturated carbocycles. The number of carbonyl (C=O) groups is 1. The molecule has 110 valence electrons. The molecule has 5 nitrogen and oxygen atoms in total. The lowest BCUT2D eigenvalue weighted by atomic mass is 10.1. The number of rotatable bonds is 5. The van der Waals surface area contributed by atoms with Crippen molar-refractivity contribution < 1.29 is 14.3 Å². The molecule has 1 amide bonds. The standard InChI is InChI=1S/C15H22N2O3/c1-11(13-5-3-4-6-14(13)19-2)17-15(18)9-12-10-16-7-8-20-12/h3-6,11-12,16H,7-10H2,1-2H3,(H,17,18)/t11-,12?/m1/s1. The highest BCUT2D eigenvalue weighted by Crippen LogP contribution is 2.24. The smallest absolute Gasteiger partial charge is 0.223 e. The first-order valence-electron chi connectivity index (χ1n) is 6.95. The molecule has 2 atom stereocenters. The molecule has 2 rings (SSSR count). The normalized spacial score (nSPS) is 20.2. The Balaban J connectivity index is 1.89. The van der Waals surface area contributed by atoms with Crippen molar-refractivity contribution in [1.82, 2.24) is 10.6 Å². The maximum Gasteiger partial charge on any atom is 0.223 e. The zero-order valence-corrected chi connectivity index (χ0v) is 12.0. The van der Waals surface area contributed by atoms with Gasteiger partial charge in [-0.2, -0.15) is 0 Å². The first-order valence-corrected chi connectivity index (χ1v) is 6.95. The van der Waals surface area contributed by atoms with Crippen LogP contribution < -0.4 is 15.4 Å². The van der Waals surface area contributed by atoms with E-state index in [1.54, 1.807) is 7.11 Å². The molecule has 1 saturated heterocycles. The number of morpholine rings is 1. The Hall–Kier alpha value is -1.59. The zero-order valence-electron chi connectivity index (χ0n) is 12.0. The number of hydrogen-bond acceptors (Lipinski definition) is 4. The van der Waals surface area contributed by atoms with E-state index in [1.165, 1.54) is 0 Å². The molecule has 0 radical (unpaired) electrons. The minimum atomic E-state index is -0.0878. The van der Waals surface area contributed by atoms with Gasteiger partial charge >= 0.3 is 0 Å². The highest BCUT2D eigenvalue weighted by atomic mass is 16.5. The number of ether oxygens (including phenoxy) is 2. The third kappa shape index (κ3) is 3.95. The lowest BCUT2D eigenvalue weighted by Crippen LogP contribution is -2.41. The maximum atomic E-state index is 12.0. The third-order valence-electron chi connectivity index (χ3n) is 3.40. The molecule has 0 bridgehead atoms. The molecule has 20 heavy (non-hydrogen) atoms. The molecule has 1 heterocycles. The van der Waals surface area contributed by atoms with E-state index in [-0.39, 0.29) is 18.1 Å². The average Bonchev–Trinajstić information content (AvgIpc) is 2.48. The Labute approximate surface area is 119 Å². The van der Waals surface area contributed by atoms with Gasteiger partial charge in [0.2, 0.25) is 5.91 Å². The molecular weight excluding hydrogens is 256 g/mol. The lowest BCUT2D eigenvalue weighted by molar-refractivity contribution is -0.125. The van der Waals surface area contributed by atoms with Gasteiger partial charge in [-0.1, -0.05) is 18.2 Å². The number of carbonyl (C=O) groups excluding carboxylic acids is 1. The molecule has 1 aromatic rings. The van der Waals surface area contributed by atoms with E-state index in [4.69, 9.17) is 9.47 Å². The number of amides is 1. The van der Waals surface area contributed by atoms with Crippen LogP contribution in [0.2, 0.25) is 0 Å². The van der Waals surface area contributed by atoms with Gasteiger partial charge < -0.3 is 20.1 Å². The van der Waals surface area contributed by atoms with Crippen molar-refractivity contribution in [3.05, 3.63) is 29.8 Å². The highest BCUT2D eigenvalue weighted by molar-refractivity contribution is 5.77. The van der Waals surface area contributed by atoms with Crippen molar-refractivity contribution in [2.24, 2.45) is 0 Å². The van der Waals surface area contributed by atoms with Crippen LogP contribution in [0.3, 0.4) is 0 Å². The number of hydrogen-bond donors (Lipinski definition) is 2. The van der Waals surface area contributed by atoms with E-state index in [2.05, 4.69) is 10.6 Å². The van der Waals surface area contributed by atoms with Gasteiger partial charge in [-0.05, 0) is 13.0 Å². The fraction of sp³-hybridized carbons (Fsp3) is 0.533. The van der Waals surface area contributed by atoms with E-state index >= 15 is 0 Å². The van der Waals surface area contributed by atoms with Crippen molar-refractivity contribution in [2.45, 2.75) is 25.5 Å². The summed E-state index contributed by atoms with van der Waals surface area (Å²) < 4.78 is 10.8. The molecule has 1 aliphatic heterocycles. The third-order valence-corrected chi connectivity index (χ3v) is 3.40. The SMILES string of the molecule is COc1ccccc1[C@@H](C)NC(=O)CC1CNCCO1. The number of para-hydroxylation sites is 1. The van der Waals surface area contributed by atoms with E-state index in [0.717, 1.165) is 24.4 Å². The Morgan fingerprint density at radius 2 is 2.35 bits per heavy atom. The van der Waals surface area contributed by atoms with Crippen molar-refractivity contribution in [2.75, 3.05) is 26.8 Å². The van der Waals surface area contributed by atoms with Crippen LogP contribution in [-0.2, 0) is 9.53 Å². The van der Waals surface area contributed by atoms with Crippen LogP contribution >= 0.6 is 0 Å². The second-order valence-corrected chi connectivity index (χ2v) is 4.93. The fourth-order valence-corrected chi connectivity index (χ4v) is 2.36. The van der Waals surface area contributed by atoms with E-state index in [9.17, 15) is 4.79 Å². The summed E-state index contributed by atoms with van der Waals surface area (Å²) in [7, 11) is 1.63. The van der Waals surface area contributed by atoms with Gasteiger partial charge in [0.15, 0.2) is 0 Å². The zero-order chi connectivity index (χ0) is 14.4. The van der Waals surface area contributed by atoms with Crippen molar-refractivity contribution in [1.29, 1.82) is 0 Å². The minimum absolute atomic E-state index is 0.00268. The summed E-state index contributed by atoms with van der Waals surface area (Å²) in [5.41, 5.74) is 0.978. The minimum Gasteiger partial charge on any atom is -0.496 e. The fourth-order valence-electron chi connectivity index (χ4n) is 2.36. The van der Waals surface area contributed by atoms with Crippen molar-refractivity contribution >= 4 is 5.91 Å². The van der Waals surface area contributed by atoms with Gasteiger partial charge in [-0.15, -0.1) is 0 Å². The van der Waals surface area contributed by atoms with Crippen LogP contribution in [-0.4, -0.2) is 38.8 Å². The number of methoxy groups -OCH3 is 1. The summed E-state index contributed by atoms with van der Waals surface area (Å²) in [6, 6.07) is 7.62. The molecule has 5 heteroatoms. The summed E-state index contributed by atoms with van der Waals surface area (Å²) in [4.78, 5) is 12.0. The lowest BCUT2D eigenvalue weighted by Gasteiger charge is -2.24. The molecule has 0 aromatic heterocycles. The largest absolute Gasteiger partial charge is 0.496 e. The first kappa shape index (κ1) is 14.8. The second kappa shape index (κ2) is 7.26. The molecule has 2 N–H and O–H groups in total. The van der Waals surface area contributed by atoms with Crippen LogP contribution in [0.5, 0.6) is 5.75 Å². The quantitative estimate of drug-likeness (QED) is 0.851. The molecular formula is C15H22N2O3. The summed E-state index contributed by atoms with van der Waals surface area (Å²) in [6.45, 7) is 4.21. The Kier molecular flexibility index (Phi) is 5.38. The van der Waals surface area contributed by atoms with Gasteiger partial charge in [0.05, 0.1) is 32.3 Å². The van der Waals surface area contributed by atoms with Crippen LogP contribution in [0.1, 0.15) is 24.9 Å². The molecule has 0 spiro atoms. The van der Waals surface area contributed by atoms with Gasteiger partial charge in [-0.25, -0.2) is 0 Å². The summed E-state index contributed by atoms with van der Waals surface area (Å²) in [6.07, 6.45) is 0.348. The van der Waals surface area contributed by atoms with Crippen LogP contribution in [0.15, 0.2) is 24.3 Å². The van der Waals surface area contributed by atoms with E-state index in [0.29, 0.717) is 13.0 Å². The van der Waals surface area contributed by atoms with Crippen molar-refractivity contribution in [3.8, 4) is 5.75 Å². The summed E-state index contributed by atoms with van der Waals surface area (Å²) >= 11 is 0. The van der Waals surface area contributed by atoms with Crippen LogP contribution in [0, 0.1) is 0 Å². The van der Waals surface area contributed by atoms with Crippen LogP contribution in [0.4, 0.5) is 0 Å². The van der Waals surface area contributed by atoms with Gasteiger partial charge in [0.25, 0.3) is 0 Å². The monoisotopic (exact) mass is 278 g/mol. The van der Waals surface area contributed by atoms with E-state index in [1.807, 2.05) is 31.2 Å². The van der Waals surface area contributed by atoms with Gasteiger partial charge in [-0.3, -0.25) is 4.79 Å². The molecule has 1 unspecified atom stereocenters. The Morgan fingerprint density at radius 1 is 1.55 bits per heavy atom. The van der Waals surface area contributed by atoms with Gasteiger partial charge in [0.1, 0.15) is 5.75 Å². The molecule has 0 aliphatic carbocycles. The van der Waals surface area contributed by atoms with E-state index < -0.39 is 0 Å².